The Bertz CT molecular complexity index is 624. The minimum absolute atomic E-state index is 0.0925. The van der Waals surface area contributed by atoms with Crippen LogP contribution >= 0.6 is 34.8 Å². The predicted octanol–water partition coefficient (Wildman–Crippen LogP) is 4.42. The zero-order valence-corrected chi connectivity index (χ0v) is 14.0. The third-order valence-electron chi connectivity index (χ3n) is 2.96. The standard InChI is InChI=1S/C16H15Cl3N2O/c17-12-3-1-11(2-4-12)5-6-20-16(22)10-21-15-8-13(18)7-14(19)9-15/h1-4,7-9,21H,5-6,10H2,(H,20,22). The molecule has 0 unspecified atom stereocenters. The van der Waals surface area contributed by atoms with Crippen LogP contribution in [0.2, 0.25) is 15.1 Å². The highest BCUT2D eigenvalue weighted by Crippen LogP contribution is 2.22. The number of anilines is 1. The van der Waals surface area contributed by atoms with E-state index in [4.69, 9.17) is 34.8 Å². The largest absolute Gasteiger partial charge is 0.376 e. The number of carbonyl (C=O) groups excluding carboxylic acids is 1. The second kappa shape index (κ2) is 8.28. The van der Waals surface area contributed by atoms with Crippen LogP contribution in [0.15, 0.2) is 42.5 Å². The summed E-state index contributed by atoms with van der Waals surface area (Å²) in [5, 5.41) is 7.59. The normalized spacial score (nSPS) is 10.3. The average Bonchev–Trinajstić information content (AvgIpc) is 2.46. The Morgan fingerprint density at radius 3 is 2.18 bits per heavy atom. The molecule has 0 atom stereocenters. The van der Waals surface area contributed by atoms with Crippen LogP contribution in [0.1, 0.15) is 5.56 Å². The van der Waals surface area contributed by atoms with Gasteiger partial charge in [0, 0.05) is 27.3 Å². The topological polar surface area (TPSA) is 41.1 Å². The first kappa shape index (κ1) is 16.9. The number of halogens is 3. The molecule has 22 heavy (non-hydrogen) atoms. The van der Waals surface area contributed by atoms with E-state index in [0.717, 1.165) is 12.0 Å². The molecule has 0 saturated heterocycles. The van der Waals surface area contributed by atoms with Crippen LogP contribution in [0.3, 0.4) is 0 Å². The smallest absolute Gasteiger partial charge is 0.239 e. The first-order valence-corrected chi connectivity index (χ1v) is 7.87. The molecule has 2 N–H and O–H groups in total. The molecule has 2 aromatic carbocycles. The van der Waals surface area contributed by atoms with Gasteiger partial charge < -0.3 is 10.6 Å². The Kier molecular flexibility index (Phi) is 6.37. The van der Waals surface area contributed by atoms with E-state index in [1.165, 1.54) is 0 Å². The Balaban J connectivity index is 1.72. The molecule has 0 aromatic heterocycles. The highest BCUT2D eigenvalue weighted by molar-refractivity contribution is 6.35. The van der Waals surface area contributed by atoms with Crippen molar-refractivity contribution in [3.63, 3.8) is 0 Å². The minimum atomic E-state index is -0.0925. The Labute approximate surface area is 144 Å². The number of rotatable bonds is 6. The summed E-state index contributed by atoms with van der Waals surface area (Å²) in [6, 6.07) is 12.6. The van der Waals surface area contributed by atoms with Gasteiger partial charge in [-0.1, -0.05) is 46.9 Å². The Morgan fingerprint density at radius 2 is 1.55 bits per heavy atom. The van der Waals surface area contributed by atoms with Gasteiger partial charge in [-0.2, -0.15) is 0 Å². The summed E-state index contributed by atoms with van der Waals surface area (Å²) in [5.74, 6) is -0.0925. The number of nitrogens with one attached hydrogen (secondary N) is 2. The van der Waals surface area contributed by atoms with Crippen LogP contribution in [-0.4, -0.2) is 19.0 Å². The molecule has 0 aliphatic carbocycles. The lowest BCUT2D eigenvalue weighted by atomic mass is 10.1. The van der Waals surface area contributed by atoms with Crippen molar-refractivity contribution >= 4 is 46.4 Å². The van der Waals surface area contributed by atoms with Crippen molar-refractivity contribution in [2.75, 3.05) is 18.4 Å². The van der Waals surface area contributed by atoms with E-state index < -0.39 is 0 Å². The Morgan fingerprint density at radius 1 is 0.909 bits per heavy atom. The van der Waals surface area contributed by atoms with Crippen LogP contribution in [0.25, 0.3) is 0 Å². The van der Waals surface area contributed by atoms with Crippen LogP contribution in [0.4, 0.5) is 5.69 Å². The number of hydrogen-bond donors (Lipinski definition) is 2. The fraction of sp³-hybridized carbons (Fsp3) is 0.188. The van der Waals surface area contributed by atoms with E-state index in [1.54, 1.807) is 18.2 Å². The van der Waals surface area contributed by atoms with Crippen molar-refractivity contribution < 1.29 is 4.79 Å². The van der Waals surface area contributed by atoms with E-state index in [-0.39, 0.29) is 12.5 Å². The van der Waals surface area contributed by atoms with Crippen molar-refractivity contribution in [1.29, 1.82) is 0 Å². The molecule has 6 heteroatoms. The van der Waals surface area contributed by atoms with Crippen LogP contribution in [0.5, 0.6) is 0 Å². The quantitative estimate of drug-likeness (QED) is 0.803. The average molecular weight is 358 g/mol. The summed E-state index contributed by atoms with van der Waals surface area (Å²) in [6.07, 6.45) is 0.756. The van der Waals surface area contributed by atoms with E-state index in [2.05, 4.69) is 10.6 Å². The lowest BCUT2D eigenvalue weighted by Gasteiger charge is -2.09. The predicted molar refractivity (Wildman–Crippen MR) is 93.1 cm³/mol. The van der Waals surface area contributed by atoms with Gasteiger partial charge in [0.25, 0.3) is 0 Å². The van der Waals surface area contributed by atoms with Crippen LogP contribution < -0.4 is 10.6 Å². The lowest BCUT2D eigenvalue weighted by Crippen LogP contribution is -2.31. The van der Waals surface area contributed by atoms with Crippen molar-refractivity contribution in [2.24, 2.45) is 0 Å². The number of amides is 1. The molecule has 0 fully saturated rings. The molecule has 0 aliphatic heterocycles. The molecule has 0 heterocycles. The van der Waals surface area contributed by atoms with Gasteiger partial charge in [0.05, 0.1) is 6.54 Å². The van der Waals surface area contributed by atoms with Gasteiger partial charge in [0.1, 0.15) is 0 Å². The first-order chi connectivity index (χ1) is 10.5. The second-order valence-electron chi connectivity index (χ2n) is 4.74. The molecule has 0 saturated carbocycles. The molecule has 0 aliphatic rings. The minimum Gasteiger partial charge on any atom is -0.376 e. The highest BCUT2D eigenvalue weighted by atomic mass is 35.5. The molecule has 0 spiro atoms. The molecule has 0 bridgehead atoms. The van der Waals surface area contributed by atoms with Gasteiger partial charge in [-0.3, -0.25) is 4.79 Å². The van der Waals surface area contributed by atoms with Gasteiger partial charge in [-0.15, -0.1) is 0 Å². The van der Waals surface area contributed by atoms with Gasteiger partial charge in [0.15, 0.2) is 0 Å². The summed E-state index contributed by atoms with van der Waals surface area (Å²) in [7, 11) is 0. The molecule has 3 nitrogen and oxygen atoms in total. The molecule has 1 amide bonds. The number of hydrogen-bond acceptors (Lipinski definition) is 2. The zero-order valence-electron chi connectivity index (χ0n) is 11.7. The second-order valence-corrected chi connectivity index (χ2v) is 6.05. The molecule has 116 valence electrons. The van der Waals surface area contributed by atoms with E-state index >= 15 is 0 Å². The highest BCUT2D eigenvalue weighted by Gasteiger charge is 2.03. The van der Waals surface area contributed by atoms with Gasteiger partial charge >= 0.3 is 0 Å². The molecular formula is C16H15Cl3N2O. The van der Waals surface area contributed by atoms with E-state index in [1.807, 2.05) is 24.3 Å². The first-order valence-electron chi connectivity index (χ1n) is 6.74. The molecule has 2 aromatic rings. The van der Waals surface area contributed by atoms with Crippen molar-refractivity contribution in [1.82, 2.24) is 5.32 Å². The third kappa shape index (κ3) is 5.76. The zero-order chi connectivity index (χ0) is 15.9. The molecule has 0 radical (unpaired) electrons. The van der Waals surface area contributed by atoms with E-state index in [9.17, 15) is 4.79 Å². The lowest BCUT2D eigenvalue weighted by molar-refractivity contribution is -0.119. The summed E-state index contributed by atoms with van der Waals surface area (Å²) in [5.41, 5.74) is 1.84. The molecule has 2 rings (SSSR count). The van der Waals surface area contributed by atoms with Crippen LogP contribution in [0, 0.1) is 0 Å². The Hall–Kier alpha value is -1.42. The van der Waals surface area contributed by atoms with E-state index in [0.29, 0.717) is 27.3 Å². The van der Waals surface area contributed by atoms with Gasteiger partial charge in [-0.25, -0.2) is 0 Å². The fourth-order valence-electron chi connectivity index (χ4n) is 1.90. The monoisotopic (exact) mass is 356 g/mol. The van der Waals surface area contributed by atoms with Crippen molar-refractivity contribution in [3.05, 3.63) is 63.1 Å². The number of benzene rings is 2. The SMILES string of the molecule is O=C(CNc1cc(Cl)cc(Cl)c1)NCCc1ccc(Cl)cc1. The van der Waals surface area contributed by atoms with Crippen molar-refractivity contribution in [3.8, 4) is 0 Å². The van der Waals surface area contributed by atoms with Gasteiger partial charge in [-0.05, 0) is 42.3 Å². The summed E-state index contributed by atoms with van der Waals surface area (Å²) in [6.45, 7) is 0.732. The summed E-state index contributed by atoms with van der Waals surface area (Å²) >= 11 is 17.6. The maximum absolute atomic E-state index is 11.8. The maximum Gasteiger partial charge on any atom is 0.239 e. The van der Waals surface area contributed by atoms with Gasteiger partial charge in [0.2, 0.25) is 5.91 Å². The number of carbonyl (C=O) groups is 1. The maximum atomic E-state index is 11.8. The summed E-state index contributed by atoms with van der Waals surface area (Å²) in [4.78, 5) is 11.8. The summed E-state index contributed by atoms with van der Waals surface area (Å²) < 4.78 is 0. The van der Waals surface area contributed by atoms with Crippen molar-refractivity contribution in [2.45, 2.75) is 6.42 Å². The van der Waals surface area contributed by atoms with Crippen LogP contribution in [-0.2, 0) is 11.2 Å². The molecular weight excluding hydrogens is 343 g/mol. The fourth-order valence-corrected chi connectivity index (χ4v) is 2.55. The third-order valence-corrected chi connectivity index (χ3v) is 3.65.